The molecule has 0 aromatic heterocycles. The molecule has 4 heteroatoms. The Kier molecular flexibility index (Phi) is 4.93. The van der Waals surface area contributed by atoms with Crippen LogP contribution in [0.4, 0.5) is 0 Å². The van der Waals surface area contributed by atoms with Crippen LogP contribution in [-0.4, -0.2) is 19.3 Å². The summed E-state index contributed by atoms with van der Waals surface area (Å²) in [6.07, 6.45) is 0. The molecule has 3 N–H and O–H groups in total. The van der Waals surface area contributed by atoms with Gasteiger partial charge in [-0.15, -0.1) is 0 Å². The average Bonchev–Trinajstić information content (AvgIpc) is 2.32. The SMILES string of the molecule is CCOc1ccc(C(NN)C(C)(C)OC)cc1. The molecule has 1 aromatic rings. The third-order valence-electron chi connectivity index (χ3n) is 2.91. The quantitative estimate of drug-likeness (QED) is 0.588. The minimum absolute atomic E-state index is 0.0665. The zero-order valence-corrected chi connectivity index (χ0v) is 11.0. The highest BCUT2D eigenvalue weighted by atomic mass is 16.5. The fourth-order valence-corrected chi connectivity index (χ4v) is 1.74. The van der Waals surface area contributed by atoms with Crippen molar-refractivity contribution in [2.75, 3.05) is 13.7 Å². The van der Waals surface area contributed by atoms with Crippen LogP contribution in [0.5, 0.6) is 5.75 Å². The molecular formula is C13H22N2O2. The van der Waals surface area contributed by atoms with Crippen LogP contribution in [0.3, 0.4) is 0 Å². The summed E-state index contributed by atoms with van der Waals surface area (Å²) in [6, 6.07) is 7.80. The van der Waals surface area contributed by atoms with Crippen LogP contribution >= 0.6 is 0 Å². The summed E-state index contributed by atoms with van der Waals surface area (Å²) >= 11 is 0. The minimum atomic E-state index is -0.373. The molecule has 96 valence electrons. The first-order valence-electron chi connectivity index (χ1n) is 5.79. The summed E-state index contributed by atoms with van der Waals surface area (Å²) in [5, 5.41) is 0. The lowest BCUT2D eigenvalue weighted by Gasteiger charge is -2.32. The molecule has 0 saturated heterocycles. The number of rotatable bonds is 6. The molecule has 1 aromatic carbocycles. The van der Waals surface area contributed by atoms with E-state index in [0.717, 1.165) is 11.3 Å². The van der Waals surface area contributed by atoms with Gasteiger partial charge in [0.2, 0.25) is 0 Å². The van der Waals surface area contributed by atoms with Gasteiger partial charge in [-0.3, -0.25) is 11.3 Å². The first kappa shape index (κ1) is 14.0. The zero-order chi connectivity index (χ0) is 12.9. The van der Waals surface area contributed by atoms with Crippen LogP contribution in [0.15, 0.2) is 24.3 Å². The van der Waals surface area contributed by atoms with Gasteiger partial charge in [-0.25, -0.2) is 0 Å². The highest BCUT2D eigenvalue weighted by Crippen LogP contribution is 2.28. The smallest absolute Gasteiger partial charge is 0.119 e. The van der Waals surface area contributed by atoms with Gasteiger partial charge >= 0.3 is 0 Å². The first-order chi connectivity index (χ1) is 8.05. The Hall–Kier alpha value is -1.10. The van der Waals surface area contributed by atoms with Crippen LogP contribution in [0.25, 0.3) is 0 Å². The van der Waals surface area contributed by atoms with Gasteiger partial charge in [0.05, 0.1) is 18.2 Å². The fraction of sp³-hybridized carbons (Fsp3) is 0.538. The van der Waals surface area contributed by atoms with E-state index in [1.54, 1.807) is 7.11 Å². The van der Waals surface area contributed by atoms with E-state index in [-0.39, 0.29) is 11.6 Å². The normalized spacial score (nSPS) is 13.5. The maximum Gasteiger partial charge on any atom is 0.119 e. The lowest BCUT2D eigenvalue weighted by molar-refractivity contribution is -0.0111. The molecule has 1 atom stereocenters. The molecule has 1 rings (SSSR count). The van der Waals surface area contributed by atoms with E-state index in [4.69, 9.17) is 15.3 Å². The fourth-order valence-electron chi connectivity index (χ4n) is 1.74. The van der Waals surface area contributed by atoms with Gasteiger partial charge in [0.1, 0.15) is 5.75 Å². The van der Waals surface area contributed by atoms with Gasteiger partial charge in [-0.1, -0.05) is 12.1 Å². The molecule has 4 nitrogen and oxygen atoms in total. The van der Waals surface area contributed by atoms with Crippen LogP contribution < -0.4 is 16.0 Å². The summed E-state index contributed by atoms with van der Waals surface area (Å²) in [6.45, 7) is 6.62. The number of nitrogens with one attached hydrogen (secondary N) is 1. The number of benzene rings is 1. The van der Waals surface area contributed by atoms with E-state index in [1.807, 2.05) is 45.0 Å². The van der Waals surface area contributed by atoms with Crippen LogP contribution in [-0.2, 0) is 4.74 Å². The van der Waals surface area contributed by atoms with Gasteiger partial charge in [0, 0.05) is 7.11 Å². The van der Waals surface area contributed by atoms with E-state index in [1.165, 1.54) is 0 Å². The molecule has 0 radical (unpaired) electrons. The molecule has 0 aliphatic rings. The number of methoxy groups -OCH3 is 1. The lowest BCUT2D eigenvalue weighted by Crippen LogP contribution is -2.43. The second-order valence-electron chi connectivity index (χ2n) is 4.41. The molecule has 0 fully saturated rings. The highest BCUT2D eigenvalue weighted by Gasteiger charge is 2.29. The largest absolute Gasteiger partial charge is 0.494 e. The Morgan fingerprint density at radius 1 is 1.29 bits per heavy atom. The molecule has 0 saturated carbocycles. The molecular weight excluding hydrogens is 216 g/mol. The number of hydrogen-bond donors (Lipinski definition) is 2. The Labute approximate surface area is 103 Å². The summed E-state index contributed by atoms with van der Waals surface area (Å²) in [4.78, 5) is 0. The molecule has 17 heavy (non-hydrogen) atoms. The van der Waals surface area contributed by atoms with Crippen LogP contribution in [0.1, 0.15) is 32.4 Å². The van der Waals surface area contributed by atoms with Gasteiger partial charge in [0.25, 0.3) is 0 Å². The summed E-state index contributed by atoms with van der Waals surface area (Å²) in [7, 11) is 1.68. The third kappa shape index (κ3) is 3.43. The number of hydrazine groups is 1. The molecule has 0 aliphatic carbocycles. The highest BCUT2D eigenvalue weighted by molar-refractivity contribution is 5.30. The minimum Gasteiger partial charge on any atom is -0.494 e. The van der Waals surface area contributed by atoms with Crippen molar-refractivity contribution in [2.24, 2.45) is 5.84 Å². The maximum atomic E-state index is 5.60. The van der Waals surface area contributed by atoms with Crippen molar-refractivity contribution in [3.05, 3.63) is 29.8 Å². The molecule has 0 spiro atoms. The molecule has 0 amide bonds. The monoisotopic (exact) mass is 238 g/mol. The van der Waals surface area contributed by atoms with Crippen molar-refractivity contribution >= 4 is 0 Å². The lowest BCUT2D eigenvalue weighted by atomic mass is 9.92. The van der Waals surface area contributed by atoms with E-state index in [0.29, 0.717) is 6.61 Å². The van der Waals surface area contributed by atoms with Crippen molar-refractivity contribution in [1.82, 2.24) is 5.43 Å². The van der Waals surface area contributed by atoms with Gasteiger partial charge in [-0.05, 0) is 38.5 Å². The second kappa shape index (κ2) is 6.00. The number of nitrogens with two attached hydrogens (primary N) is 1. The van der Waals surface area contributed by atoms with Crippen LogP contribution in [0.2, 0.25) is 0 Å². The number of hydrogen-bond acceptors (Lipinski definition) is 4. The molecule has 0 aliphatic heterocycles. The predicted molar refractivity (Wildman–Crippen MR) is 68.8 cm³/mol. The third-order valence-corrected chi connectivity index (χ3v) is 2.91. The van der Waals surface area contributed by atoms with Crippen molar-refractivity contribution in [3.8, 4) is 5.75 Å². The Bertz CT molecular complexity index is 336. The van der Waals surface area contributed by atoms with E-state index in [9.17, 15) is 0 Å². The predicted octanol–water partition coefficient (Wildman–Crippen LogP) is 2.01. The standard InChI is InChI=1S/C13H22N2O2/c1-5-17-11-8-6-10(7-9-11)12(15-14)13(2,3)16-4/h6-9,12,15H,5,14H2,1-4H3. The Balaban J connectivity index is 2.89. The molecule has 1 unspecified atom stereocenters. The van der Waals surface area contributed by atoms with E-state index >= 15 is 0 Å². The van der Waals surface area contributed by atoms with Gasteiger partial charge in [-0.2, -0.15) is 0 Å². The molecule has 0 heterocycles. The maximum absolute atomic E-state index is 5.60. The molecule has 0 bridgehead atoms. The van der Waals surface area contributed by atoms with Gasteiger partial charge < -0.3 is 9.47 Å². The van der Waals surface area contributed by atoms with Crippen LogP contribution in [0, 0.1) is 0 Å². The summed E-state index contributed by atoms with van der Waals surface area (Å²) < 4.78 is 10.9. The summed E-state index contributed by atoms with van der Waals surface area (Å²) in [5.74, 6) is 6.47. The second-order valence-corrected chi connectivity index (χ2v) is 4.41. The Morgan fingerprint density at radius 3 is 2.29 bits per heavy atom. The van der Waals surface area contributed by atoms with Crippen molar-refractivity contribution in [3.63, 3.8) is 0 Å². The topological polar surface area (TPSA) is 56.5 Å². The van der Waals surface area contributed by atoms with E-state index < -0.39 is 0 Å². The average molecular weight is 238 g/mol. The summed E-state index contributed by atoms with van der Waals surface area (Å²) in [5.41, 5.74) is 3.49. The first-order valence-corrected chi connectivity index (χ1v) is 5.79. The number of ether oxygens (including phenoxy) is 2. The van der Waals surface area contributed by atoms with Gasteiger partial charge in [0.15, 0.2) is 0 Å². The van der Waals surface area contributed by atoms with Crippen molar-refractivity contribution in [1.29, 1.82) is 0 Å². The van der Waals surface area contributed by atoms with E-state index in [2.05, 4.69) is 5.43 Å². The Morgan fingerprint density at radius 2 is 1.88 bits per heavy atom. The zero-order valence-electron chi connectivity index (χ0n) is 11.0. The van der Waals surface area contributed by atoms with Crippen molar-refractivity contribution in [2.45, 2.75) is 32.4 Å². The van der Waals surface area contributed by atoms with Crippen molar-refractivity contribution < 1.29 is 9.47 Å².